The monoisotopic (exact) mass is 245 g/mol. The third kappa shape index (κ3) is 4.10. The zero-order valence-corrected chi connectivity index (χ0v) is 10.1. The van der Waals surface area contributed by atoms with E-state index in [1.165, 1.54) is 7.11 Å². The maximum absolute atomic E-state index is 11.0. The molecule has 0 aliphatic heterocycles. The van der Waals surface area contributed by atoms with Gasteiger partial charge in [-0.3, -0.25) is 9.78 Å². The van der Waals surface area contributed by atoms with Crippen LogP contribution < -0.4 is 0 Å². The van der Waals surface area contributed by atoms with Crippen LogP contribution in [0.25, 0.3) is 0 Å². The molecule has 15 heavy (non-hydrogen) atoms. The topological polar surface area (TPSA) is 39.2 Å². The number of esters is 1. The van der Waals surface area contributed by atoms with Crippen molar-refractivity contribution in [3.05, 3.63) is 23.5 Å². The highest BCUT2D eigenvalue weighted by molar-refractivity contribution is 8.00. The van der Waals surface area contributed by atoms with Gasteiger partial charge in [-0.25, -0.2) is 0 Å². The van der Waals surface area contributed by atoms with E-state index in [4.69, 9.17) is 11.6 Å². The molecule has 0 aliphatic rings. The quantitative estimate of drug-likeness (QED) is 0.604. The van der Waals surface area contributed by atoms with E-state index in [1.54, 1.807) is 24.2 Å². The number of thioether (sulfide) groups is 1. The SMILES string of the molecule is COC(=O)CC(C)Sc1ccncc1Cl. The van der Waals surface area contributed by atoms with Crippen LogP contribution in [0.1, 0.15) is 13.3 Å². The van der Waals surface area contributed by atoms with Gasteiger partial charge in [0.15, 0.2) is 0 Å². The van der Waals surface area contributed by atoms with Crippen molar-refractivity contribution in [2.45, 2.75) is 23.5 Å². The van der Waals surface area contributed by atoms with Gasteiger partial charge in [-0.05, 0) is 6.07 Å². The van der Waals surface area contributed by atoms with E-state index < -0.39 is 0 Å². The highest BCUT2D eigenvalue weighted by Gasteiger charge is 2.12. The van der Waals surface area contributed by atoms with Crippen LogP contribution in [0.3, 0.4) is 0 Å². The molecule has 0 aromatic carbocycles. The minimum absolute atomic E-state index is 0.136. The molecule has 0 bridgehead atoms. The van der Waals surface area contributed by atoms with Crippen molar-refractivity contribution in [3.8, 4) is 0 Å². The summed E-state index contributed by atoms with van der Waals surface area (Å²) in [5, 5.41) is 0.747. The Kier molecular flexibility index (Phi) is 4.91. The number of carbonyl (C=O) groups is 1. The van der Waals surface area contributed by atoms with Gasteiger partial charge in [-0.1, -0.05) is 18.5 Å². The van der Waals surface area contributed by atoms with Crippen LogP contribution in [0.15, 0.2) is 23.4 Å². The number of aromatic nitrogens is 1. The Morgan fingerprint density at radius 3 is 3.07 bits per heavy atom. The van der Waals surface area contributed by atoms with E-state index >= 15 is 0 Å². The van der Waals surface area contributed by atoms with Gasteiger partial charge in [0.2, 0.25) is 0 Å². The lowest BCUT2D eigenvalue weighted by Gasteiger charge is -2.10. The Labute approximate surface area is 98.2 Å². The Balaban J connectivity index is 2.55. The lowest BCUT2D eigenvalue weighted by Crippen LogP contribution is -2.08. The highest BCUT2D eigenvalue weighted by Crippen LogP contribution is 2.30. The molecule has 0 aliphatic carbocycles. The standard InChI is InChI=1S/C10H12ClNO2S/c1-7(5-10(13)14-2)15-9-3-4-12-6-8(9)11/h3-4,6-7H,5H2,1-2H3. The smallest absolute Gasteiger partial charge is 0.306 e. The molecule has 5 heteroatoms. The fourth-order valence-electron chi connectivity index (χ4n) is 1.03. The first kappa shape index (κ1) is 12.3. The number of carbonyl (C=O) groups excluding carboxylic acids is 1. The fourth-order valence-corrected chi connectivity index (χ4v) is 2.25. The minimum Gasteiger partial charge on any atom is -0.469 e. The van der Waals surface area contributed by atoms with Crippen LogP contribution in [0.4, 0.5) is 0 Å². The zero-order chi connectivity index (χ0) is 11.3. The summed E-state index contributed by atoms with van der Waals surface area (Å²) in [5.74, 6) is -0.208. The van der Waals surface area contributed by atoms with Gasteiger partial charge in [0.05, 0.1) is 18.6 Å². The summed E-state index contributed by atoms with van der Waals surface area (Å²) in [6, 6.07) is 1.83. The molecule has 1 heterocycles. The van der Waals surface area contributed by atoms with E-state index in [0.717, 1.165) is 4.90 Å². The Bertz CT molecular complexity index is 346. The Morgan fingerprint density at radius 1 is 1.73 bits per heavy atom. The number of rotatable bonds is 4. The average molecular weight is 246 g/mol. The lowest BCUT2D eigenvalue weighted by molar-refractivity contribution is -0.140. The number of halogens is 1. The van der Waals surface area contributed by atoms with Crippen molar-refractivity contribution < 1.29 is 9.53 Å². The summed E-state index contributed by atoms with van der Waals surface area (Å²) in [6.07, 6.45) is 3.65. The van der Waals surface area contributed by atoms with E-state index in [0.29, 0.717) is 11.4 Å². The van der Waals surface area contributed by atoms with E-state index in [1.807, 2.05) is 13.0 Å². The van der Waals surface area contributed by atoms with Crippen LogP contribution in [0.5, 0.6) is 0 Å². The van der Waals surface area contributed by atoms with Crippen LogP contribution in [0, 0.1) is 0 Å². The second kappa shape index (κ2) is 5.98. The molecule has 0 N–H and O–H groups in total. The third-order valence-electron chi connectivity index (χ3n) is 1.75. The molecule has 0 spiro atoms. The molecule has 0 amide bonds. The first-order chi connectivity index (χ1) is 7.13. The maximum atomic E-state index is 11.0. The van der Waals surface area contributed by atoms with Crippen molar-refractivity contribution in [3.63, 3.8) is 0 Å². The van der Waals surface area contributed by atoms with Gasteiger partial charge in [0.25, 0.3) is 0 Å². The molecule has 1 aromatic heterocycles. The molecule has 82 valence electrons. The summed E-state index contributed by atoms with van der Waals surface area (Å²) in [4.78, 5) is 15.8. The van der Waals surface area contributed by atoms with Gasteiger partial charge in [-0.15, -0.1) is 11.8 Å². The van der Waals surface area contributed by atoms with Crippen molar-refractivity contribution in [2.75, 3.05) is 7.11 Å². The molecular weight excluding hydrogens is 234 g/mol. The average Bonchev–Trinajstić information content (AvgIpc) is 2.21. The van der Waals surface area contributed by atoms with Crippen LogP contribution in [-0.2, 0) is 9.53 Å². The summed E-state index contributed by atoms with van der Waals surface area (Å²) >= 11 is 7.48. The molecule has 1 aromatic rings. The summed E-state index contributed by atoms with van der Waals surface area (Å²) in [5.41, 5.74) is 0. The second-order valence-corrected chi connectivity index (χ2v) is 4.90. The Morgan fingerprint density at radius 2 is 2.47 bits per heavy atom. The van der Waals surface area contributed by atoms with Crippen molar-refractivity contribution in [1.29, 1.82) is 0 Å². The van der Waals surface area contributed by atoms with Crippen molar-refractivity contribution in [1.82, 2.24) is 4.98 Å². The summed E-state index contributed by atoms with van der Waals surface area (Å²) < 4.78 is 4.59. The number of ether oxygens (including phenoxy) is 1. The van der Waals surface area contributed by atoms with Gasteiger partial charge in [0.1, 0.15) is 0 Å². The van der Waals surface area contributed by atoms with Crippen molar-refractivity contribution >= 4 is 29.3 Å². The van der Waals surface area contributed by atoms with Crippen LogP contribution in [0.2, 0.25) is 5.02 Å². The largest absolute Gasteiger partial charge is 0.469 e. The first-order valence-corrected chi connectivity index (χ1v) is 5.72. The minimum atomic E-state index is -0.208. The predicted octanol–water partition coefficient (Wildman–Crippen LogP) is 2.78. The van der Waals surface area contributed by atoms with E-state index in [-0.39, 0.29) is 11.2 Å². The number of pyridine rings is 1. The van der Waals surface area contributed by atoms with Crippen LogP contribution >= 0.6 is 23.4 Å². The van der Waals surface area contributed by atoms with E-state index in [2.05, 4.69) is 9.72 Å². The molecule has 1 unspecified atom stereocenters. The molecule has 0 radical (unpaired) electrons. The van der Waals surface area contributed by atoms with Crippen molar-refractivity contribution in [2.24, 2.45) is 0 Å². The number of hydrogen-bond donors (Lipinski definition) is 0. The lowest BCUT2D eigenvalue weighted by atomic mass is 10.3. The van der Waals surface area contributed by atoms with Gasteiger partial charge in [0, 0.05) is 22.5 Å². The van der Waals surface area contributed by atoms with Gasteiger partial charge < -0.3 is 4.74 Å². The maximum Gasteiger partial charge on any atom is 0.306 e. The highest BCUT2D eigenvalue weighted by atomic mass is 35.5. The van der Waals surface area contributed by atoms with Gasteiger partial charge >= 0.3 is 5.97 Å². The van der Waals surface area contributed by atoms with Crippen LogP contribution in [-0.4, -0.2) is 23.3 Å². The molecule has 3 nitrogen and oxygen atoms in total. The first-order valence-electron chi connectivity index (χ1n) is 4.46. The second-order valence-electron chi connectivity index (χ2n) is 3.01. The van der Waals surface area contributed by atoms with Gasteiger partial charge in [-0.2, -0.15) is 0 Å². The molecule has 0 saturated heterocycles. The zero-order valence-electron chi connectivity index (χ0n) is 8.57. The molecule has 0 saturated carbocycles. The summed E-state index contributed by atoms with van der Waals surface area (Å²) in [6.45, 7) is 1.96. The molecular formula is C10H12ClNO2S. The predicted molar refractivity (Wildman–Crippen MR) is 61.2 cm³/mol. The third-order valence-corrected chi connectivity index (χ3v) is 3.34. The Hall–Kier alpha value is -0.740. The molecule has 1 atom stereocenters. The number of methoxy groups -OCH3 is 1. The van der Waals surface area contributed by atoms with E-state index in [9.17, 15) is 4.79 Å². The number of nitrogens with zero attached hydrogens (tertiary/aromatic N) is 1. The number of hydrogen-bond acceptors (Lipinski definition) is 4. The normalized spacial score (nSPS) is 12.2. The summed E-state index contributed by atoms with van der Waals surface area (Å²) in [7, 11) is 1.39. The fraction of sp³-hybridized carbons (Fsp3) is 0.400. The molecule has 1 rings (SSSR count). The molecule has 0 fully saturated rings.